The van der Waals surface area contributed by atoms with Crippen LogP contribution in [0.4, 0.5) is 0 Å². The Bertz CT molecular complexity index is 712. The molecule has 136 valence electrons. The van der Waals surface area contributed by atoms with Crippen LogP contribution >= 0.6 is 0 Å². The quantitative estimate of drug-likeness (QED) is 0.746. The zero-order chi connectivity index (χ0) is 18.4. The van der Waals surface area contributed by atoms with Crippen molar-refractivity contribution in [3.63, 3.8) is 0 Å². The standard InChI is InChI=1S/C20H27NO4/c1-6-25-18(19(22)21-14(3)20(23-4)24-5)17-13(2)11-12-15-9-7-8-10-16(15)17/h7-12,14,18,20H,6H2,1-5H3,(H,21,22). The van der Waals surface area contributed by atoms with Crippen LogP contribution in [0.25, 0.3) is 10.8 Å². The lowest BCUT2D eigenvalue weighted by atomic mass is 9.95. The molecule has 0 aliphatic heterocycles. The molecule has 25 heavy (non-hydrogen) atoms. The zero-order valence-corrected chi connectivity index (χ0v) is 15.5. The van der Waals surface area contributed by atoms with Gasteiger partial charge in [0.2, 0.25) is 0 Å². The highest BCUT2D eigenvalue weighted by Gasteiger charge is 2.28. The van der Waals surface area contributed by atoms with E-state index < -0.39 is 12.4 Å². The summed E-state index contributed by atoms with van der Waals surface area (Å²) >= 11 is 0. The second-order valence-electron chi connectivity index (χ2n) is 5.99. The number of fused-ring (bicyclic) bond motifs is 1. The molecule has 0 aliphatic carbocycles. The fourth-order valence-electron chi connectivity index (χ4n) is 3.08. The third-order valence-electron chi connectivity index (χ3n) is 4.27. The molecule has 0 heterocycles. The van der Waals surface area contributed by atoms with Crippen LogP contribution in [0.2, 0.25) is 0 Å². The predicted molar refractivity (Wildman–Crippen MR) is 98.5 cm³/mol. The van der Waals surface area contributed by atoms with E-state index in [2.05, 4.69) is 11.4 Å². The van der Waals surface area contributed by atoms with Gasteiger partial charge in [0, 0.05) is 26.4 Å². The number of carbonyl (C=O) groups is 1. The van der Waals surface area contributed by atoms with Gasteiger partial charge < -0.3 is 19.5 Å². The van der Waals surface area contributed by atoms with Crippen LogP contribution in [0.3, 0.4) is 0 Å². The number of ether oxygens (including phenoxy) is 3. The SMILES string of the molecule is CCOC(C(=O)NC(C)C(OC)OC)c1c(C)ccc2ccccc12. The molecule has 0 aromatic heterocycles. The first kappa shape index (κ1) is 19.4. The molecule has 1 N–H and O–H groups in total. The number of aryl methyl sites for hydroxylation is 1. The van der Waals surface area contributed by atoms with E-state index in [1.807, 2.05) is 51.1 Å². The third-order valence-corrected chi connectivity index (χ3v) is 4.27. The van der Waals surface area contributed by atoms with Crippen LogP contribution in [0.1, 0.15) is 31.1 Å². The Morgan fingerprint density at radius 2 is 1.80 bits per heavy atom. The lowest BCUT2D eigenvalue weighted by Crippen LogP contribution is -2.45. The largest absolute Gasteiger partial charge is 0.364 e. The topological polar surface area (TPSA) is 56.8 Å². The van der Waals surface area contributed by atoms with Gasteiger partial charge in [0.1, 0.15) is 0 Å². The molecular weight excluding hydrogens is 318 g/mol. The van der Waals surface area contributed by atoms with Gasteiger partial charge in [-0.15, -0.1) is 0 Å². The molecule has 0 spiro atoms. The van der Waals surface area contributed by atoms with Gasteiger partial charge in [-0.25, -0.2) is 0 Å². The molecule has 1 amide bonds. The fraction of sp³-hybridized carbons (Fsp3) is 0.450. The van der Waals surface area contributed by atoms with Gasteiger partial charge in [-0.1, -0.05) is 36.4 Å². The highest BCUT2D eigenvalue weighted by atomic mass is 16.7. The van der Waals surface area contributed by atoms with E-state index in [0.29, 0.717) is 6.61 Å². The third kappa shape index (κ3) is 4.37. The van der Waals surface area contributed by atoms with Crippen molar-refractivity contribution < 1.29 is 19.0 Å². The second kappa shape index (κ2) is 8.94. The van der Waals surface area contributed by atoms with Crippen molar-refractivity contribution in [1.29, 1.82) is 0 Å². The molecule has 2 rings (SSSR count). The minimum atomic E-state index is -0.687. The average Bonchev–Trinajstić information content (AvgIpc) is 2.61. The summed E-state index contributed by atoms with van der Waals surface area (Å²) < 4.78 is 16.3. The number of hydrogen-bond acceptors (Lipinski definition) is 4. The van der Waals surface area contributed by atoms with Gasteiger partial charge >= 0.3 is 0 Å². The Morgan fingerprint density at radius 1 is 1.12 bits per heavy atom. The number of hydrogen-bond donors (Lipinski definition) is 1. The molecule has 0 saturated carbocycles. The zero-order valence-electron chi connectivity index (χ0n) is 15.5. The van der Waals surface area contributed by atoms with Gasteiger partial charge in [-0.05, 0) is 37.1 Å². The lowest BCUT2D eigenvalue weighted by molar-refractivity contribution is -0.144. The minimum Gasteiger partial charge on any atom is -0.364 e. The number of amides is 1. The Balaban J connectivity index is 2.38. The number of benzene rings is 2. The first-order chi connectivity index (χ1) is 12.0. The summed E-state index contributed by atoms with van der Waals surface area (Å²) in [7, 11) is 3.09. The van der Waals surface area contributed by atoms with Gasteiger partial charge in [0.05, 0.1) is 6.04 Å². The summed E-state index contributed by atoms with van der Waals surface area (Å²) in [6.45, 7) is 6.16. The molecule has 5 nitrogen and oxygen atoms in total. The van der Waals surface area contributed by atoms with Gasteiger partial charge in [0.25, 0.3) is 5.91 Å². The van der Waals surface area contributed by atoms with Crippen molar-refractivity contribution >= 4 is 16.7 Å². The van der Waals surface area contributed by atoms with Gasteiger partial charge in [-0.2, -0.15) is 0 Å². The van der Waals surface area contributed by atoms with Crippen LogP contribution in [-0.4, -0.2) is 39.1 Å². The molecule has 0 radical (unpaired) electrons. The molecule has 2 atom stereocenters. The van der Waals surface area contributed by atoms with E-state index in [1.165, 1.54) is 0 Å². The smallest absolute Gasteiger partial charge is 0.254 e. The van der Waals surface area contributed by atoms with Crippen LogP contribution in [-0.2, 0) is 19.0 Å². The highest BCUT2D eigenvalue weighted by molar-refractivity contribution is 5.93. The monoisotopic (exact) mass is 345 g/mol. The number of nitrogens with one attached hydrogen (secondary N) is 1. The van der Waals surface area contributed by atoms with Crippen LogP contribution in [0, 0.1) is 6.92 Å². The predicted octanol–water partition coefficient (Wildman–Crippen LogP) is 3.35. The van der Waals surface area contributed by atoms with E-state index in [0.717, 1.165) is 21.9 Å². The van der Waals surface area contributed by atoms with E-state index in [9.17, 15) is 4.79 Å². The molecule has 2 unspecified atom stereocenters. The molecule has 0 saturated heterocycles. The summed E-state index contributed by atoms with van der Waals surface area (Å²) in [5.74, 6) is -0.201. The molecule has 0 fully saturated rings. The summed E-state index contributed by atoms with van der Waals surface area (Å²) in [5.41, 5.74) is 1.92. The maximum absolute atomic E-state index is 12.9. The van der Waals surface area contributed by atoms with Crippen molar-refractivity contribution in [2.75, 3.05) is 20.8 Å². The van der Waals surface area contributed by atoms with Crippen LogP contribution in [0.5, 0.6) is 0 Å². The van der Waals surface area contributed by atoms with Crippen molar-refractivity contribution in [2.45, 2.75) is 39.2 Å². The van der Waals surface area contributed by atoms with Crippen molar-refractivity contribution in [3.8, 4) is 0 Å². The Hall–Kier alpha value is -1.95. The Kier molecular flexibility index (Phi) is 6.93. The van der Waals surface area contributed by atoms with Crippen molar-refractivity contribution in [1.82, 2.24) is 5.32 Å². The number of methoxy groups -OCH3 is 2. The number of rotatable bonds is 8. The molecular formula is C20H27NO4. The number of carbonyl (C=O) groups excluding carboxylic acids is 1. The molecule has 0 aliphatic rings. The van der Waals surface area contributed by atoms with Gasteiger partial charge in [0.15, 0.2) is 12.4 Å². The van der Waals surface area contributed by atoms with E-state index in [1.54, 1.807) is 14.2 Å². The molecule has 5 heteroatoms. The first-order valence-electron chi connectivity index (χ1n) is 8.49. The maximum atomic E-state index is 12.9. The molecule has 2 aromatic rings. The lowest BCUT2D eigenvalue weighted by Gasteiger charge is -2.26. The first-order valence-corrected chi connectivity index (χ1v) is 8.49. The maximum Gasteiger partial charge on any atom is 0.254 e. The second-order valence-corrected chi connectivity index (χ2v) is 5.99. The van der Waals surface area contributed by atoms with Crippen molar-refractivity contribution in [3.05, 3.63) is 47.5 Å². The molecule has 0 bridgehead atoms. The van der Waals surface area contributed by atoms with Crippen LogP contribution in [0.15, 0.2) is 36.4 Å². The summed E-state index contributed by atoms with van der Waals surface area (Å²) in [6.07, 6.45) is -1.20. The van der Waals surface area contributed by atoms with E-state index in [4.69, 9.17) is 14.2 Å². The molecule has 2 aromatic carbocycles. The average molecular weight is 345 g/mol. The van der Waals surface area contributed by atoms with E-state index in [-0.39, 0.29) is 11.9 Å². The fourth-order valence-corrected chi connectivity index (χ4v) is 3.08. The van der Waals surface area contributed by atoms with E-state index >= 15 is 0 Å². The Labute approximate surface area is 149 Å². The Morgan fingerprint density at radius 3 is 2.44 bits per heavy atom. The summed E-state index contributed by atoms with van der Waals surface area (Å²) in [4.78, 5) is 12.9. The summed E-state index contributed by atoms with van der Waals surface area (Å²) in [5, 5.41) is 5.05. The summed E-state index contributed by atoms with van der Waals surface area (Å²) in [6, 6.07) is 11.8. The van der Waals surface area contributed by atoms with Gasteiger partial charge in [-0.3, -0.25) is 4.79 Å². The van der Waals surface area contributed by atoms with Crippen LogP contribution < -0.4 is 5.32 Å². The minimum absolute atomic E-state index is 0.201. The normalized spacial score (nSPS) is 13.8. The van der Waals surface area contributed by atoms with Crippen molar-refractivity contribution in [2.24, 2.45) is 0 Å². The highest BCUT2D eigenvalue weighted by Crippen LogP contribution is 2.30.